The van der Waals surface area contributed by atoms with Crippen LogP contribution >= 0.6 is 0 Å². The lowest BCUT2D eigenvalue weighted by Gasteiger charge is -2.22. The first-order valence-electron chi connectivity index (χ1n) is 9.26. The summed E-state index contributed by atoms with van der Waals surface area (Å²) in [5, 5.41) is 8.99. The van der Waals surface area contributed by atoms with Gasteiger partial charge in [-0.3, -0.25) is 9.59 Å². The van der Waals surface area contributed by atoms with Gasteiger partial charge in [0.05, 0.1) is 6.26 Å². The van der Waals surface area contributed by atoms with Crippen LogP contribution in [0.4, 0.5) is 5.69 Å². The van der Waals surface area contributed by atoms with E-state index in [2.05, 4.69) is 16.0 Å². The Hall–Kier alpha value is -2.80. The molecular formula is C20H25N3O4. The van der Waals surface area contributed by atoms with Gasteiger partial charge in [-0.15, -0.1) is 0 Å². The molecule has 1 atom stereocenters. The van der Waals surface area contributed by atoms with Gasteiger partial charge in [0.15, 0.2) is 12.4 Å². The first kappa shape index (κ1) is 19.0. The number of rotatable bonds is 8. The molecule has 1 saturated heterocycles. The second-order valence-corrected chi connectivity index (χ2v) is 6.60. The van der Waals surface area contributed by atoms with Crippen LogP contribution in [0.15, 0.2) is 47.1 Å². The second-order valence-electron chi connectivity index (χ2n) is 6.60. The third-order valence-corrected chi connectivity index (χ3v) is 4.48. The fourth-order valence-corrected chi connectivity index (χ4v) is 3.05. The van der Waals surface area contributed by atoms with Crippen molar-refractivity contribution in [3.8, 4) is 5.75 Å². The minimum absolute atomic E-state index is 0.0570. The van der Waals surface area contributed by atoms with Gasteiger partial charge < -0.3 is 25.1 Å². The van der Waals surface area contributed by atoms with Crippen molar-refractivity contribution in [3.63, 3.8) is 0 Å². The highest BCUT2D eigenvalue weighted by Gasteiger charge is 2.13. The molecule has 7 nitrogen and oxygen atoms in total. The monoisotopic (exact) mass is 371 g/mol. The number of nitrogens with one attached hydrogen (secondary N) is 3. The van der Waals surface area contributed by atoms with Gasteiger partial charge in [-0.05, 0) is 62.5 Å². The number of furan rings is 1. The minimum Gasteiger partial charge on any atom is -0.484 e. The quantitative estimate of drug-likeness (QED) is 0.663. The maximum Gasteiger partial charge on any atom is 0.291 e. The Balaban J connectivity index is 1.39. The zero-order chi connectivity index (χ0) is 18.9. The molecule has 2 aromatic rings. The summed E-state index contributed by atoms with van der Waals surface area (Å²) in [5.41, 5.74) is 0.569. The molecule has 2 heterocycles. The van der Waals surface area contributed by atoms with E-state index in [0.29, 0.717) is 23.9 Å². The highest BCUT2D eigenvalue weighted by atomic mass is 16.5. The topological polar surface area (TPSA) is 92.6 Å². The van der Waals surface area contributed by atoms with E-state index >= 15 is 0 Å². The minimum atomic E-state index is -0.341. The Labute approximate surface area is 158 Å². The summed E-state index contributed by atoms with van der Waals surface area (Å²) in [6.07, 6.45) is 4.84. The molecule has 0 aliphatic carbocycles. The summed E-state index contributed by atoms with van der Waals surface area (Å²) in [7, 11) is 0. The predicted molar refractivity (Wildman–Crippen MR) is 102 cm³/mol. The van der Waals surface area contributed by atoms with Crippen LogP contribution in [0, 0.1) is 5.92 Å². The van der Waals surface area contributed by atoms with Gasteiger partial charge >= 0.3 is 0 Å². The molecule has 7 heteroatoms. The second kappa shape index (κ2) is 9.78. The van der Waals surface area contributed by atoms with Gasteiger partial charge in [0.2, 0.25) is 0 Å². The number of anilines is 1. The summed E-state index contributed by atoms with van der Waals surface area (Å²) >= 11 is 0. The van der Waals surface area contributed by atoms with Gasteiger partial charge in [-0.1, -0.05) is 6.07 Å². The van der Waals surface area contributed by atoms with Gasteiger partial charge in [-0.2, -0.15) is 0 Å². The van der Waals surface area contributed by atoms with Crippen LogP contribution in [0.25, 0.3) is 0 Å². The maximum absolute atomic E-state index is 12.0. The van der Waals surface area contributed by atoms with Crippen molar-refractivity contribution in [1.82, 2.24) is 10.6 Å². The van der Waals surface area contributed by atoms with E-state index in [-0.39, 0.29) is 24.2 Å². The highest BCUT2D eigenvalue weighted by molar-refractivity contribution is 6.02. The number of benzene rings is 1. The molecule has 2 amide bonds. The van der Waals surface area contributed by atoms with Gasteiger partial charge in [0.25, 0.3) is 11.8 Å². The van der Waals surface area contributed by atoms with E-state index < -0.39 is 0 Å². The Kier molecular flexibility index (Phi) is 6.87. The number of ether oxygens (including phenoxy) is 1. The Bertz CT molecular complexity index is 739. The molecule has 0 bridgehead atoms. The number of carbonyl (C=O) groups excluding carboxylic acids is 2. The molecule has 1 aliphatic heterocycles. The van der Waals surface area contributed by atoms with Gasteiger partial charge in [-0.25, -0.2) is 0 Å². The van der Waals surface area contributed by atoms with Crippen molar-refractivity contribution >= 4 is 17.5 Å². The van der Waals surface area contributed by atoms with Crippen LogP contribution in [0.2, 0.25) is 0 Å². The van der Waals surface area contributed by atoms with Crippen molar-refractivity contribution in [1.29, 1.82) is 0 Å². The fraction of sp³-hybridized carbons (Fsp3) is 0.400. The van der Waals surface area contributed by atoms with Crippen LogP contribution < -0.4 is 20.7 Å². The largest absolute Gasteiger partial charge is 0.484 e. The summed E-state index contributed by atoms with van der Waals surface area (Å²) in [4.78, 5) is 23.9. The Morgan fingerprint density at radius 3 is 2.96 bits per heavy atom. The number of hydrogen-bond acceptors (Lipinski definition) is 5. The molecule has 0 radical (unpaired) electrons. The molecule has 27 heavy (non-hydrogen) atoms. The average molecular weight is 371 g/mol. The van der Waals surface area contributed by atoms with E-state index in [1.807, 2.05) is 0 Å². The first-order valence-corrected chi connectivity index (χ1v) is 9.26. The fourth-order valence-electron chi connectivity index (χ4n) is 3.05. The Morgan fingerprint density at radius 1 is 1.26 bits per heavy atom. The van der Waals surface area contributed by atoms with E-state index in [0.717, 1.165) is 19.5 Å². The molecular weight excluding hydrogens is 346 g/mol. The van der Waals surface area contributed by atoms with Gasteiger partial charge in [0.1, 0.15) is 5.75 Å². The van der Waals surface area contributed by atoms with Gasteiger partial charge in [0, 0.05) is 18.3 Å². The van der Waals surface area contributed by atoms with Crippen LogP contribution in [-0.4, -0.2) is 38.1 Å². The SMILES string of the molecule is O=C(COc1cccc(NC(=O)c2ccco2)c1)NCCC1CCCNC1. The Morgan fingerprint density at radius 2 is 2.19 bits per heavy atom. The van der Waals surface area contributed by atoms with E-state index in [4.69, 9.17) is 9.15 Å². The van der Waals surface area contributed by atoms with Crippen molar-refractivity contribution in [2.75, 3.05) is 31.6 Å². The number of hydrogen-bond donors (Lipinski definition) is 3. The summed E-state index contributed by atoms with van der Waals surface area (Å²) in [6.45, 7) is 2.73. The number of piperidine rings is 1. The molecule has 1 unspecified atom stereocenters. The molecule has 0 saturated carbocycles. The van der Waals surface area contributed by atoms with E-state index in [1.165, 1.54) is 19.1 Å². The summed E-state index contributed by atoms with van der Waals surface area (Å²) in [5.74, 6) is 0.887. The normalized spacial score (nSPS) is 16.5. The lowest BCUT2D eigenvalue weighted by Crippen LogP contribution is -2.34. The summed E-state index contributed by atoms with van der Waals surface area (Å²) in [6, 6.07) is 10.1. The first-order chi connectivity index (χ1) is 13.2. The van der Waals surface area contributed by atoms with Crippen molar-refractivity contribution < 1.29 is 18.7 Å². The summed E-state index contributed by atoms with van der Waals surface area (Å²) < 4.78 is 10.6. The lowest BCUT2D eigenvalue weighted by molar-refractivity contribution is -0.123. The lowest BCUT2D eigenvalue weighted by atomic mass is 9.96. The highest BCUT2D eigenvalue weighted by Crippen LogP contribution is 2.18. The van der Waals surface area contributed by atoms with Crippen LogP contribution in [0.1, 0.15) is 29.8 Å². The molecule has 144 valence electrons. The maximum atomic E-state index is 12.0. The van der Waals surface area contributed by atoms with Crippen LogP contribution in [0.3, 0.4) is 0 Å². The molecule has 1 fully saturated rings. The van der Waals surface area contributed by atoms with Crippen molar-refractivity contribution in [3.05, 3.63) is 48.4 Å². The number of carbonyl (C=O) groups is 2. The van der Waals surface area contributed by atoms with Crippen LogP contribution in [-0.2, 0) is 4.79 Å². The third-order valence-electron chi connectivity index (χ3n) is 4.48. The predicted octanol–water partition coefficient (Wildman–Crippen LogP) is 2.42. The molecule has 3 rings (SSSR count). The van der Waals surface area contributed by atoms with Crippen molar-refractivity contribution in [2.24, 2.45) is 5.92 Å². The molecule has 1 aromatic carbocycles. The van der Waals surface area contributed by atoms with Crippen LogP contribution in [0.5, 0.6) is 5.75 Å². The standard InChI is InChI=1S/C20H25N3O4/c24-19(22-10-8-15-4-2-9-21-13-15)14-27-17-6-1-5-16(12-17)23-20(25)18-7-3-11-26-18/h1,3,5-7,11-12,15,21H,2,4,8-10,13-14H2,(H,22,24)(H,23,25). The zero-order valence-corrected chi connectivity index (χ0v) is 15.2. The van der Waals surface area contributed by atoms with E-state index in [9.17, 15) is 9.59 Å². The van der Waals surface area contributed by atoms with E-state index in [1.54, 1.807) is 36.4 Å². The van der Waals surface area contributed by atoms with Crippen molar-refractivity contribution in [2.45, 2.75) is 19.3 Å². The number of amides is 2. The molecule has 0 spiro atoms. The molecule has 1 aromatic heterocycles. The zero-order valence-electron chi connectivity index (χ0n) is 15.2. The smallest absolute Gasteiger partial charge is 0.291 e. The molecule has 3 N–H and O–H groups in total. The molecule has 1 aliphatic rings. The average Bonchev–Trinajstić information content (AvgIpc) is 3.23. The third kappa shape index (κ3) is 6.14.